The van der Waals surface area contributed by atoms with Crippen LogP contribution in [-0.2, 0) is 38.3 Å². The lowest BCUT2D eigenvalue weighted by molar-refractivity contribution is -0.139. The fraction of sp³-hybridized carbons (Fsp3) is 0.464. The zero-order valence-corrected chi connectivity index (χ0v) is 38.8. The van der Waals surface area contributed by atoms with Gasteiger partial charge in [0.05, 0.1) is 19.8 Å². The van der Waals surface area contributed by atoms with E-state index in [4.69, 9.17) is 14.2 Å². The van der Waals surface area contributed by atoms with Crippen molar-refractivity contribution in [3.8, 4) is 39.1 Å². The SMILES string of the molecule is C=C(C)C(=O)OCCCc1cc(-c2ccc(-c3ccc(-c4ccc(C5CCC(CCCCC)CC5)cc4)cc3F)cc2CC)cc(CCCOC(=O)C(=C)C)c1OCCC(CO)CO. The molecule has 0 heterocycles. The molecule has 0 amide bonds. The Hall–Kier alpha value is -5.05. The molecule has 4 aromatic rings. The van der Waals surface area contributed by atoms with E-state index in [9.17, 15) is 19.8 Å². The van der Waals surface area contributed by atoms with Crippen molar-refractivity contribution in [2.24, 2.45) is 11.8 Å². The third-order valence-corrected chi connectivity index (χ3v) is 12.7. The van der Waals surface area contributed by atoms with Crippen LogP contribution in [0.5, 0.6) is 5.75 Å². The molecule has 0 aliphatic heterocycles. The monoisotopic (exact) mass is 875 g/mol. The van der Waals surface area contributed by atoms with Crippen LogP contribution in [0.15, 0.2) is 97.1 Å². The fourth-order valence-corrected chi connectivity index (χ4v) is 8.82. The smallest absolute Gasteiger partial charge is 0.333 e. The summed E-state index contributed by atoms with van der Waals surface area (Å²) in [6.45, 7) is 15.3. The highest BCUT2D eigenvalue weighted by Gasteiger charge is 2.23. The molecule has 0 saturated heterocycles. The van der Waals surface area contributed by atoms with Crippen molar-refractivity contribution < 1.29 is 38.4 Å². The van der Waals surface area contributed by atoms with E-state index in [1.165, 1.54) is 56.9 Å². The quantitative estimate of drug-likeness (QED) is 0.0388. The minimum absolute atomic E-state index is 0.154. The number of hydrogen-bond acceptors (Lipinski definition) is 7. The average molecular weight is 875 g/mol. The summed E-state index contributed by atoms with van der Waals surface area (Å²) in [7, 11) is 0. The second-order valence-electron chi connectivity index (χ2n) is 17.8. The second kappa shape index (κ2) is 25.4. The summed E-state index contributed by atoms with van der Waals surface area (Å²) in [5, 5.41) is 19.4. The van der Waals surface area contributed by atoms with Crippen molar-refractivity contribution in [2.75, 3.05) is 33.0 Å². The Bertz CT molecular complexity index is 2110. The number of hydrogen-bond donors (Lipinski definition) is 2. The van der Waals surface area contributed by atoms with Gasteiger partial charge in [-0.3, -0.25) is 0 Å². The molecule has 344 valence electrons. The molecule has 0 unspecified atom stereocenters. The fourth-order valence-electron chi connectivity index (χ4n) is 8.82. The molecule has 1 aliphatic carbocycles. The first-order valence-electron chi connectivity index (χ1n) is 23.6. The van der Waals surface area contributed by atoms with Crippen LogP contribution in [0.3, 0.4) is 0 Å². The Kier molecular flexibility index (Phi) is 19.9. The van der Waals surface area contributed by atoms with Crippen LogP contribution in [0.1, 0.15) is 126 Å². The number of ether oxygens (including phenoxy) is 3. The highest BCUT2D eigenvalue weighted by atomic mass is 19.1. The summed E-state index contributed by atoms with van der Waals surface area (Å²) in [6, 6.07) is 24.6. The van der Waals surface area contributed by atoms with Gasteiger partial charge >= 0.3 is 11.9 Å². The summed E-state index contributed by atoms with van der Waals surface area (Å²) in [5.74, 6) is 0.699. The number of esters is 2. The van der Waals surface area contributed by atoms with E-state index in [1.807, 2.05) is 18.2 Å². The Balaban J connectivity index is 1.40. The van der Waals surface area contributed by atoms with Gasteiger partial charge in [0.25, 0.3) is 0 Å². The summed E-state index contributed by atoms with van der Waals surface area (Å²) in [4.78, 5) is 24.3. The van der Waals surface area contributed by atoms with E-state index in [1.54, 1.807) is 19.9 Å². The molecule has 1 saturated carbocycles. The molecular formula is C56H71FO7. The molecule has 0 aromatic heterocycles. The number of aryl methyl sites for hydroxylation is 3. The van der Waals surface area contributed by atoms with Crippen molar-refractivity contribution in [3.05, 3.63) is 125 Å². The molecule has 8 heteroatoms. The predicted octanol–water partition coefficient (Wildman–Crippen LogP) is 12.7. The van der Waals surface area contributed by atoms with Crippen LogP contribution in [-0.4, -0.2) is 55.2 Å². The largest absolute Gasteiger partial charge is 0.493 e. The number of carbonyl (C=O) groups excluding carboxylic acids is 2. The zero-order chi connectivity index (χ0) is 46.0. The van der Waals surface area contributed by atoms with E-state index >= 15 is 4.39 Å². The molecule has 64 heavy (non-hydrogen) atoms. The molecule has 0 spiro atoms. The Morgan fingerprint density at radius 2 is 1.23 bits per heavy atom. The molecular weight excluding hydrogens is 804 g/mol. The minimum Gasteiger partial charge on any atom is -0.493 e. The van der Waals surface area contributed by atoms with Gasteiger partial charge in [0.2, 0.25) is 0 Å². The molecule has 4 aromatic carbocycles. The lowest BCUT2D eigenvalue weighted by atomic mass is 9.77. The van der Waals surface area contributed by atoms with Gasteiger partial charge in [-0.1, -0.05) is 107 Å². The number of aliphatic hydroxyl groups excluding tert-OH is 2. The van der Waals surface area contributed by atoms with Crippen molar-refractivity contribution in [1.29, 1.82) is 0 Å². The van der Waals surface area contributed by atoms with Crippen LogP contribution >= 0.6 is 0 Å². The summed E-state index contributed by atoms with van der Waals surface area (Å²) in [6.07, 6.45) is 13.8. The molecule has 2 N–H and O–H groups in total. The summed E-state index contributed by atoms with van der Waals surface area (Å²) < 4.78 is 33.4. The zero-order valence-electron chi connectivity index (χ0n) is 38.8. The van der Waals surface area contributed by atoms with Gasteiger partial charge in [0.15, 0.2) is 0 Å². The molecule has 0 radical (unpaired) electrons. The van der Waals surface area contributed by atoms with Crippen molar-refractivity contribution in [1.82, 2.24) is 0 Å². The number of carbonyl (C=O) groups is 2. The molecule has 0 atom stereocenters. The molecule has 5 rings (SSSR count). The summed E-state index contributed by atoms with van der Waals surface area (Å²) >= 11 is 0. The third-order valence-electron chi connectivity index (χ3n) is 12.7. The topological polar surface area (TPSA) is 102 Å². The Labute approximate surface area is 381 Å². The van der Waals surface area contributed by atoms with Gasteiger partial charge in [-0.05, 0) is 158 Å². The van der Waals surface area contributed by atoms with Gasteiger partial charge < -0.3 is 24.4 Å². The maximum Gasteiger partial charge on any atom is 0.333 e. The number of unbranched alkanes of at least 4 members (excludes halogenated alkanes) is 2. The first kappa shape index (κ1) is 50.0. The van der Waals surface area contributed by atoms with Gasteiger partial charge in [0.1, 0.15) is 11.6 Å². The Morgan fingerprint density at radius 1 is 0.672 bits per heavy atom. The minimum atomic E-state index is -0.442. The average Bonchev–Trinajstić information content (AvgIpc) is 3.30. The van der Waals surface area contributed by atoms with Crippen molar-refractivity contribution in [2.45, 2.75) is 124 Å². The van der Waals surface area contributed by atoms with Crippen LogP contribution in [0.25, 0.3) is 33.4 Å². The third kappa shape index (κ3) is 14.2. The maximum absolute atomic E-state index is 16.1. The maximum atomic E-state index is 16.1. The van der Waals surface area contributed by atoms with Crippen molar-refractivity contribution >= 4 is 11.9 Å². The van der Waals surface area contributed by atoms with Gasteiger partial charge in [-0.2, -0.15) is 0 Å². The van der Waals surface area contributed by atoms with E-state index in [0.717, 1.165) is 50.4 Å². The van der Waals surface area contributed by atoms with E-state index < -0.39 is 11.9 Å². The van der Waals surface area contributed by atoms with Gasteiger partial charge in [-0.15, -0.1) is 0 Å². The van der Waals surface area contributed by atoms with Crippen LogP contribution in [0.2, 0.25) is 0 Å². The lowest BCUT2D eigenvalue weighted by Crippen LogP contribution is -2.16. The second-order valence-corrected chi connectivity index (χ2v) is 17.8. The van der Waals surface area contributed by atoms with Gasteiger partial charge in [-0.25, -0.2) is 14.0 Å². The molecule has 0 bridgehead atoms. The number of aliphatic hydroxyl groups is 2. The standard InChI is InChI=1S/C56H71FO7/c1-7-9-10-13-40-16-18-43(19-17-40)44-20-22-45(23-21-44)46-24-27-52(53(57)35-46)47-25-26-51(42(8-2)32-47)50-33-48(14-11-29-63-55(60)38(3)4)54(62-31-28-41(36-58)37-59)49(34-50)15-12-30-64-56(61)39(5)6/h20-27,32-35,40-41,43,58-59H,3,5,7-19,28-31,36-37H2,1-2,4,6H3. The number of halogens is 1. The van der Waals surface area contributed by atoms with Crippen molar-refractivity contribution in [3.63, 3.8) is 0 Å². The molecule has 1 aliphatic rings. The highest BCUT2D eigenvalue weighted by molar-refractivity contribution is 5.87. The predicted molar refractivity (Wildman–Crippen MR) is 257 cm³/mol. The molecule has 7 nitrogen and oxygen atoms in total. The normalized spacial score (nSPS) is 14.9. The van der Waals surface area contributed by atoms with Crippen LogP contribution < -0.4 is 4.74 Å². The first-order chi connectivity index (χ1) is 31.0. The van der Waals surface area contributed by atoms with E-state index in [0.29, 0.717) is 66.9 Å². The van der Waals surface area contributed by atoms with E-state index in [-0.39, 0.29) is 44.8 Å². The van der Waals surface area contributed by atoms with Gasteiger partial charge in [0, 0.05) is 35.8 Å². The van der Waals surface area contributed by atoms with E-state index in [2.05, 4.69) is 75.5 Å². The van der Waals surface area contributed by atoms with Crippen LogP contribution in [0.4, 0.5) is 4.39 Å². The number of benzene rings is 4. The lowest BCUT2D eigenvalue weighted by Gasteiger charge is -2.29. The highest BCUT2D eigenvalue weighted by Crippen LogP contribution is 2.40. The van der Waals surface area contributed by atoms with Crippen LogP contribution in [0, 0.1) is 17.7 Å². The number of rotatable bonds is 25. The first-order valence-corrected chi connectivity index (χ1v) is 23.6. The Morgan fingerprint density at radius 3 is 1.78 bits per heavy atom. The molecule has 1 fully saturated rings. The summed E-state index contributed by atoms with van der Waals surface area (Å²) in [5.41, 5.74) is 10.1.